The number of nitrogens with zero attached hydrogens (tertiary/aromatic N) is 2. The number of methoxy groups -OCH3 is 1. The van der Waals surface area contributed by atoms with Crippen molar-refractivity contribution in [2.24, 2.45) is 5.92 Å². The average molecular weight is 457 g/mol. The molecule has 0 radical (unpaired) electrons. The monoisotopic (exact) mass is 457 g/mol. The number of amides is 2. The lowest BCUT2D eigenvalue weighted by molar-refractivity contribution is -0.384. The van der Waals surface area contributed by atoms with E-state index < -0.39 is 29.3 Å². The number of anilines is 2. The highest BCUT2D eigenvalue weighted by Gasteiger charge is 2.37. The Morgan fingerprint density at radius 1 is 1.21 bits per heavy atom. The molecule has 2 aromatic rings. The fourth-order valence-electron chi connectivity index (χ4n) is 3.35. The maximum absolute atomic E-state index is 12.5. The molecule has 11 nitrogen and oxygen atoms in total. The van der Waals surface area contributed by atoms with Crippen LogP contribution in [0.25, 0.3) is 0 Å². The van der Waals surface area contributed by atoms with E-state index in [2.05, 4.69) is 5.32 Å². The first-order chi connectivity index (χ1) is 15.8. The van der Waals surface area contributed by atoms with Crippen LogP contribution in [0.1, 0.15) is 13.3 Å². The smallest absolute Gasteiger partial charge is 0.311 e. The van der Waals surface area contributed by atoms with Gasteiger partial charge in [-0.25, -0.2) is 0 Å². The molecule has 1 aliphatic heterocycles. The number of carbonyl (C=O) groups is 3. The summed E-state index contributed by atoms with van der Waals surface area (Å²) in [6.07, 6.45) is -0.112. The molecule has 0 bridgehead atoms. The second-order valence-corrected chi connectivity index (χ2v) is 7.13. The molecule has 0 aliphatic carbocycles. The molecular weight excluding hydrogens is 434 g/mol. The topological polar surface area (TPSA) is 137 Å². The summed E-state index contributed by atoms with van der Waals surface area (Å²) in [7, 11) is 1.33. The Balaban J connectivity index is 1.56. The van der Waals surface area contributed by atoms with Crippen LogP contribution in [0.2, 0.25) is 0 Å². The van der Waals surface area contributed by atoms with Gasteiger partial charge in [0.1, 0.15) is 11.5 Å². The van der Waals surface area contributed by atoms with Crippen molar-refractivity contribution in [3.63, 3.8) is 0 Å². The van der Waals surface area contributed by atoms with E-state index in [0.29, 0.717) is 23.7 Å². The van der Waals surface area contributed by atoms with Gasteiger partial charge in [-0.2, -0.15) is 0 Å². The Labute approximate surface area is 189 Å². The van der Waals surface area contributed by atoms with Gasteiger partial charge in [0.2, 0.25) is 5.91 Å². The van der Waals surface area contributed by atoms with Gasteiger partial charge in [0.05, 0.1) is 36.3 Å². The highest BCUT2D eigenvalue weighted by molar-refractivity contribution is 6.01. The fourth-order valence-corrected chi connectivity index (χ4v) is 3.35. The molecular formula is C22H23N3O8. The van der Waals surface area contributed by atoms with Gasteiger partial charge >= 0.3 is 5.97 Å². The van der Waals surface area contributed by atoms with E-state index in [1.54, 1.807) is 24.3 Å². The summed E-state index contributed by atoms with van der Waals surface area (Å²) in [4.78, 5) is 48.7. The lowest BCUT2D eigenvalue weighted by Crippen LogP contribution is -2.28. The zero-order valence-corrected chi connectivity index (χ0v) is 18.1. The van der Waals surface area contributed by atoms with Gasteiger partial charge in [0.15, 0.2) is 6.61 Å². The van der Waals surface area contributed by atoms with E-state index in [-0.39, 0.29) is 30.3 Å². The number of ether oxygens (including phenoxy) is 3. The van der Waals surface area contributed by atoms with Gasteiger partial charge in [-0.15, -0.1) is 0 Å². The molecule has 1 heterocycles. The zero-order chi connectivity index (χ0) is 24.0. The van der Waals surface area contributed by atoms with Crippen molar-refractivity contribution in [2.45, 2.75) is 13.3 Å². The number of esters is 1. The van der Waals surface area contributed by atoms with Crippen LogP contribution in [0, 0.1) is 16.0 Å². The number of benzene rings is 2. The Morgan fingerprint density at radius 3 is 2.58 bits per heavy atom. The minimum Gasteiger partial charge on any atom is -0.494 e. The van der Waals surface area contributed by atoms with Gasteiger partial charge in [0, 0.05) is 24.7 Å². The van der Waals surface area contributed by atoms with Gasteiger partial charge < -0.3 is 24.4 Å². The molecule has 11 heteroatoms. The minimum atomic E-state index is -0.782. The summed E-state index contributed by atoms with van der Waals surface area (Å²) in [6, 6.07) is 10.6. The van der Waals surface area contributed by atoms with Crippen molar-refractivity contribution < 1.29 is 33.5 Å². The predicted molar refractivity (Wildman–Crippen MR) is 117 cm³/mol. The average Bonchev–Trinajstić information content (AvgIpc) is 3.19. The lowest BCUT2D eigenvalue weighted by atomic mass is 10.1. The summed E-state index contributed by atoms with van der Waals surface area (Å²) in [5.74, 6) is -1.54. The Kier molecular flexibility index (Phi) is 7.44. The van der Waals surface area contributed by atoms with Crippen LogP contribution in [0.15, 0.2) is 42.5 Å². The maximum Gasteiger partial charge on any atom is 0.311 e. The standard InChI is InChI=1S/C22H23N3O8/c1-3-32-17-7-4-15(5-8-17)23-20(26)13-33-22(28)14-10-21(27)24(12-14)18-9-6-16(25(29)30)11-19(18)31-2/h4-9,11,14H,3,10,12-13H2,1-2H3,(H,23,26)/t14-/m0/s1. The molecule has 1 aliphatic rings. The van der Waals surface area contributed by atoms with Crippen molar-refractivity contribution in [1.29, 1.82) is 0 Å². The third-order valence-electron chi connectivity index (χ3n) is 4.92. The third kappa shape index (κ3) is 5.76. The second-order valence-electron chi connectivity index (χ2n) is 7.13. The van der Waals surface area contributed by atoms with Crippen LogP contribution in [-0.4, -0.2) is 49.6 Å². The molecule has 0 spiro atoms. The van der Waals surface area contributed by atoms with E-state index in [4.69, 9.17) is 14.2 Å². The summed E-state index contributed by atoms with van der Waals surface area (Å²) >= 11 is 0. The molecule has 1 N–H and O–H groups in total. The fraction of sp³-hybridized carbons (Fsp3) is 0.318. The molecule has 1 atom stereocenters. The summed E-state index contributed by atoms with van der Waals surface area (Å²) < 4.78 is 15.6. The molecule has 0 aromatic heterocycles. The molecule has 1 saturated heterocycles. The molecule has 174 valence electrons. The van der Waals surface area contributed by atoms with Crippen molar-refractivity contribution in [1.82, 2.24) is 0 Å². The first-order valence-electron chi connectivity index (χ1n) is 10.1. The Hall–Kier alpha value is -4.15. The van der Waals surface area contributed by atoms with Crippen LogP contribution < -0.4 is 19.7 Å². The summed E-state index contributed by atoms with van der Waals surface area (Å²) in [5, 5.41) is 13.6. The predicted octanol–water partition coefficient (Wildman–Crippen LogP) is 2.54. The molecule has 0 saturated carbocycles. The van der Waals surface area contributed by atoms with E-state index in [9.17, 15) is 24.5 Å². The Bertz CT molecular complexity index is 1050. The van der Waals surface area contributed by atoms with E-state index >= 15 is 0 Å². The zero-order valence-electron chi connectivity index (χ0n) is 18.1. The van der Waals surface area contributed by atoms with Gasteiger partial charge in [-0.3, -0.25) is 24.5 Å². The van der Waals surface area contributed by atoms with Crippen molar-refractivity contribution in [3.8, 4) is 11.5 Å². The number of nitro groups is 1. The number of non-ortho nitro benzene ring substituents is 1. The van der Waals surface area contributed by atoms with Crippen molar-refractivity contribution in [3.05, 3.63) is 52.6 Å². The first-order valence-corrected chi connectivity index (χ1v) is 10.1. The molecule has 3 rings (SSSR count). The number of nitrogens with one attached hydrogen (secondary N) is 1. The minimum absolute atomic E-state index is 0.00630. The number of hydrogen-bond acceptors (Lipinski definition) is 8. The number of rotatable bonds is 9. The molecule has 2 aromatic carbocycles. The molecule has 33 heavy (non-hydrogen) atoms. The Morgan fingerprint density at radius 2 is 1.94 bits per heavy atom. The molecule has 1 fully saturated rings. The summed E-state index contributed by atoms with van der Waals surface area (Å²) in [5.41, 5.74) is 0.653. The van der Waals surface area contributed by atoms with E-state index in [1.807, 2.05) is 6.92 Å². The highest BCUT2D eigenvalue weighted by Crippen LogP contribution is 2.36. The van der Waals surface area contributed by atoms with Crippen LogP contribution in [0.4, 0.5) is 17.1 Å². The number of nitro benzene ring substituents is 1. The molecule has 2 amide bonds. The van der Waals surface area contributed by atoms with Gasteiger partial charge in [0.25, 0.3) is 11.6 Å². The third-order valence-corrected chi connectivity index (χ3v) is 4.92. The maximum atomic E-state index is 12.5. The normalized spacial score (nSPS) is 15.2. The SMILES string of the molecule is CCOc1ccc(NC(=O)COC(=O)[C@H]2CC(=O)N(c3ccc([N+](=O)[O-])cc3OC)C2)cc1. The van der Waals surface area contributed by atoms with Crippen LogP contribution >= 0.6 is 0 Å². The lowest BCUT2D eigenvalue weighted by Gasteiger charge is -2.19. The van der Waals surface area contributed by atoms with E-state index in [0.717, 1.165) is 0 Å². The number of hydrogen-bond donors (Lipinski definition) is 1. The van der Waals surface area contributed by atoms with Crippen molar-refractivity contribution >= 4 is 34.8 Å². The second kappa shape index (κ2) is 10.4. The van der Waals surface area contributed by atoms with Crippen LogP contribution in [-0.2, 0) is 19.1 Å². The number of carbonyl (C=O) groups excluding carboxylic acids is 3. The van der Waals surface area contributed by atoms with Crippen LogP contribution in [0.3, 0.4) is 0 Å². The van der Waals surface area contributed by atoms with Crippen molar-refractivity contribution in [2.75, 3.05) is 37.1 Å². The largest absolute Gasteiger partial charge is 0.494 e. The van der Waals surface area contributed by atoms with Crippen LogP contribution in [0.5, 0.6) is 11.5 Å². The summed E-state index contributed by atoms with van der Waals surface area (Å²) in [6.45, 7) is 1.90. The van der Waals surface area contributed by atoms with E-state index in [1.165, 1.54) is 30.2 Å². The van der Waals surface area contributed by atoms with Gasteiger partial charge in [-0.1, -0.05) is 0 Å². The highest BCUT2D eigenvalue weighted by atomic mass is 16.6. The quantitative estimate of drug-likeness (QED) is 0.344. The van der Waals surface area contributed by atoms with Gasteiger partial charge in [-0.05, 0) is 37.3 Å². The molecule has 0 unspecified atom stereocenters. The first kappa shape index (κ1) is 23.5.